The van der Waals surface area contributed by atoms with Gasteiger partial charge in [-0.15, -0.1) is 11.6 Å². The van der Waals surface area contributed by atoms with Crippen LogP contribution in [-0.2, 0) is 0 Å². The number of rotatable bonds is 2. The van der Waals surface area contributed by atoms with Crippen molar-refractivity contribution in [2.75, 3.05) is 0 Å². The monoisotopic (exact) mass is 294 g/mol. The zero-order chi connectivity index (χ0) is 11.5. The summed E-state index contributed by atoms with van der Waals surface area (Å²) in [6.45, 7) is 2.08. The molecule has 1 unspecified atom stereocenters. The third-order valence-electron chi connectivity index (χ3n) is 2.67. The lowest BCUT2D eigenvalue weighted by Crippen LogP contribution is -1.96. The number of alkyl halides is 1. The van der Waals surface area contributed by atoms with E-state index in [2.05, 4.69) is 41.1 Å². The Hall–Kier alpha value is -0.790. The molecule has 0 amide bonds. The molecule has 0 saturated heterocycles. The molecule has 2 rings (SSSR count). The molecule has 0 heterocycles. The van der Waals surface area contributed by atoms with Gasteiger partial charge in [0, 0.05) is 4.47 Å². The average molecular weight is 296 g/mol. The number of benzene rings is 2. The maximum absolute atomic E-state index is 6.49. The second kappa shape index (κ2) is 5.03. The summed E-state index contributed by atoms with van der Waals surface area (Å²) in [5.41, 5.74) is 3.49. The minimum absolute atomic E-state index is 0.0845. The van der Waals surface area contributed by atoms with Gasteiger partial charge in [-0.05, 0) is 29.7 Å². The van der Waals surface area contributed by atoms with E-state index in [-0.39, 0.29) is 5.38 Å². The van der Waals surface area contributed by atoms with Crippen molar-refractivity contribution in [1.82, 2.24) is 0 Å². The van der Waals surface area contributed by atoms with Crippen molar-refractivity contribution < 1.29 is 0 Å². The normalized spacial score (nSPS) is 12.4. The van der Waals surface area contributed by atoms with Gasteiger partial charge in [0.1, 0.15) is 0 Å². The molecule has 0 aliphatic rings. The zero-order valence-electron chi connectivity index (χ0n) is 8.95. The van der Waals surface area contributed by atoms with E-state index in [1.54, 1.807) is 0 Å². The summed E-state index contributed by atoms with van der Waals surface area (Å²) in [5.74, 6) is 0. The Bertz CT molecular complexity index is 479. The van der Waals surface area contributed by atoms with Gasteiger partial charge in [-0.25, -0.2) is 0 Å². The fraction of sp³-hybridized carbons (Fsp3) is 0.143. The smallest absolute Gasteiger partial charge is 0.0838 e. The van der Waals surface area contributed by atoms with Crippen molar-refractivity contribution in [3.05, 3.63) is 69.7 Å². The maximum atomic E-state index is 6.49. The molecular weight excluding hydrogens is 284 g/mol. The SMILES string of the molecule is Cc1c(Br)cccc1C(Cl)c1ccccc1. The minimum Gasteiger partial charge on any atom is -0.113 e. The Morgan fingerprint density at radius 3 is 2.38 bits per heavy atom. The van der Waals surface area contributed by atoms with E-state index in [1.807, 2.05) is 30.3 Å². The Balaban J connectivity index is 2.42. The zero-order valence-corrected chi connectivity index (χ0v) is 11.3. The van der Waals surface area contributed by atoms with Gasteiger partial charge in [-0.1, -0.05) is 58.4 Å². The number of halogens is 2. The Morgan fingerprint density at radius 2 is 1.69 bits per heavy atom. The summed E-state index contributed by atoms with van der Waals surface area (Å²) in [6, 6.07) is 16.3. The van der Waals surface area contributed by atoms with Gasteiger partial charge in [0.25, 0.3) is 0 Å². The van der Waals surface area contributed by atoms with Gasteiger partial charge >= 0.3 is 0 Å². The molecule has 0 aliphatic carbocycles. The molecule has 0 bridgehead atoms. The molecule has 82 valence electrons. The van der Waals surface area contributed by atoms with Crippen molar-refractivity contribution in [2.24, 2.45) is 0 Å². The predicted molar refractivity (Wildman–Crippen MR) is 73.0 cm³/mol. The molecule has 2 aromatic carbocycles. The highest BCUT2D eigenvalue weighted by Crippen LogP contribution is 2.33. The maximum Gasteiger partial charge on any atom is 0.0838 e. The van der Waals surface area contributed by atoms with Crippen LogP contribution < -0.4 is 0 Å². The van der Waals surface area contributed by atoms with E-state index in [9.17, 15) is 0 Å². The molecule has 0 nitrogen and oxygen atoms in total. The Morgan fingerprint density at radius 1 is 1.00 bits per heavy atom. The van der Waals surface area contributed by atoms with Crippen LogP contribution in [0, 0.1) is 6.92 Å². The molecule has 0 aliphatic heterocycles. The average Bonchev–Trinajstić information content (AvgIpc) is 2.33. The van der Waals surface area contributed by atoms with Crippen LogP contribution in [0.5, 0.6) is 0 Å². The first-order chi connectivity index (χ1) is 7.70. The molecule has 0 radical (unpaired) electrons. The molecule has 1 atom stereocenters. The quantitative estimate of drug-likeness (QED) is 0.677. The molecule has 2 heteroatoms. The summed E-state index contributed by atoms with van der Waals surface area (Å²) >= 11 is 10.0. The standard InChI is InChI=1S/C14H12BrCl/c1-10-12(8-5-9-13(10)15)14(16)11-6-3-2-4-7-11/h2-9,14H,1H3. The lowest BCUT2D eigenvalue weighted by molar-refractivity contribution is 1.10. The van der Waals surface area contributed by atoms with E-state index in [0.29, 0.717) is 0 Å². The van der Waals surface area contributed by atoms with Crippen LogP contribution in [0.15, 0.2) is 53.0 Å². The van der Waals surface area contributed by atoms with Crippen LogP contribution in [0.25, 0.3) is 0 Å². The molecular formula is C14H12BrCl. The van der Waals surface area contributed by atoms with Gasteiger partial charge in [-0.3, -0.25) is 0 Å². The highest BCUT2D eigenvalue weighted by molar-refractivity contribution is 9.10. The summed E-state index contributed by atoms with van der Waals surface area (Å²) in [6.07, 6.45) is 0. The molecule has 2 aromatic rings. The molecule has 0 fully saturated rings. The second-order valence-corrected chi connectivity index (χ2v) is 5.02. The Labute approximate surface area is 109 Å². The third kappa shape index (κ3) is 2.31. The summed E-state index contributed by atoms with van der Waals surface area (Å²) < 4.78 is 1.10. The summed E-state index contributed by atoms with van der Waals surface area (Å²) in [4.78, 5) is 0. The number of hydrogen-bond acceptors (Lipinski definition) is 0. The van der Waals surface area contributed by atoms with Gasteiger partial charge in [-0.2, -0.15) is 0 Å². The van der Waals surface area contributed by atoms with Gasteiger partial charge in [0.2, 0.25) is 0 Å². The fourth-order valence-electron chi connectivity index (χ4n) is 1.70. The van der Waals surface area contributed by atoms with Crippen LogP contribution >= 0.6 is 27.5 Å². The van der Waals surface area contributed by atoms with Crippen molar-refractivity contribution in [3.63, 3.8) is 0 Å². The van der Waals surface area contributed by atoms with E-state index < -0.39 is 0 Å². The van der Waals surface area contributed by atoms with Crippen LogP contribution in [0.1, 0.15) is 22.1 Å². The molecule has 0 saturated carbocycles. The van der Waals surface area contributed by atoms with Crippen molar-refractivity contribution in [2.45, 2.75) is 12.3 Å². The van der Waals surface area contributed by atoms with E-state index in [0.717, 1.165) is 15.6 Å². The van der Waals surface area contributed by atoms with E-state index in [1.165, 1.54) is 5.56 Å². The van der Waals surface area contributed by atoms with Gasteiger partial charge < -0.3 is 0 Å². The van der Waals surface area contributed by atoms with Gasteiger partial charge in [0.05, 0.1) is 5.38 Å². The van der Waals surface area contributed by atoms with Crippen LogP contribution in [0.3, 0.4) is 0 Å². The van der Waals surface area contributed by atoms with E-state index >= 15 is 0 Å². The highest BCUT2D eigenvalue weighted by Gasteiger charge is 2.13. The predicted octanol–water partition coefficient (Wildman–Crippen LogP) is 5.09. The van der Waals surface area contributed by atoms with Crippen LogP contribution in [-0.4, -0.2) is 0 Å². The van der Waals surface area contributed by atoms with Crippen molar-refractivity contribution >= 4 is 27.5 Å². The van der Waals surface area contributed by atoms with Crippen molar-refractivity contribution in [3.8, 4) is 0 Å². The first-order valence-electron chi connectivity index (χ1n) is 5.14. The first kappa shape index (κ1) is 11.7. The molecule has 0 spiro atoms. The van der Waals surface area contributed by atoms with Gasteiger partial charge in [0.15, 0.2) is 0 Å². The molecule has 16 heavy (non-hydrogen) atoms. The lowest BCUT2D eigenvalue weighted by Gasteiger charge is -2.14. The number of hydrogen-bond donors (Lipinski definition) is 0. The first-order valence-corrected chi connectivity index (χ1v) is 6.37. The molecule has 0 aromatic heterocycles. The van der Waals surface area contributed by atoms with Crippen LogP contribution in [0.2, 0.25) is 0 Å². The second-order valence-electron chi connectivity index (χ2n) is 3.73. The Kier molecular flexibility index (Phi) is 3.67. The highest BCUT2D eigenvalue weighted by atomic mass is 79.9. The summed E-state index contributed by atoms with van der Waals surface area (Å²) in [5, 5.41) is -0.0845. The fourth-order valence-corrected chi connectivity index (χ4v) is 2.46. The minimum atomic E-state index is -0.0845. The topological polar surface area (TPSA) is 0 Å². The van der Waals surface area contributed by atoms with Crippen LogP contribution in [0.4, 0.5) is 0 Å². The lowest BCUT2D eigenvalue weighted by atomic mass is 10.0. The summed E-state index contributed by atoms with van der Waals surface area (Å²) in [7, 11) is 0. The van der Waals surface area contributed by atoms with Crippen molar-refractivity contribution in [1.29, 1.82) is 0 Å². The third-order valence-corrected chi connectivity index (χ3v) is 4.02. The van der Waals surface area contributed by atoms with E-state index in [4.69, 9.17) is 11.6 Å². The largest absolute Gasteiger partial charge is 0.113 e. The molecule has 0 N–H and O–H groups in total.